The van der Waals surface area contributed by atoms with Gasteiger partial charge in [0.05, 0.1) is 7.11 Å². The number of fused-ring (bicyclic) bond motifs is 1. The Bertz CT molecular complexity index is 915. The van der Waals surface area contributed by atoms with Gasteiger partial charge < -0.3 is 14.6 Å². The predicted octanol–water partition coefficient (Wildman–Crippen LogP) is 2.85. The molecule has 1 aromatic heterocycles. The number of nitrogens with one attached hydrogen (secondary N) is 1. The average Bonchev–Trinajstić information content (AvgIpc) is 2.97. The highest BCUT2D eigenvalue weighted by Gasteiger charge is 2.22. The number of carbonyl (C=O) groups excluding carboxylic acids is 2. The van der Waals surface area contributed by atoms with Crippen LogP contribution in [0.5, 0.6) is 0 Å². The second kappa shape index (κ2) is 7.87. The van der Waals surface area contributed by atoms with E-state index in [0.717, 1.165) is 22.2 Å². The molecule has 0 radical (unpaired) electrons. The Morgan fingerprint density at radius 2 is 1.77 bits per heavy atom. The molecule has 1 heterocycles. The Morgan fingerprint density at radius 3 is 2.50 bits per heavy atom. The van der Waals surface area contributed by atoms with Crippen molar-refractivity contribution >= 4 is 22.8 Å². The SMILES string of the molecule is COC(=O)C(Cc1ccccc1)NC(=O)Cn1c(C)cc2ccccc21. The van der Waals surface area contributed by atoms with Crippen molar-refractivity contribution in [3.63, 3.8) is 0 Å². The van der Waals surface area contributed by atoms with Crippen molar-refractivity contribution in [2.75, 3.05) is 7.11 Å². The summed E-state index contributed by atoms with van der Waals surface area (Å²) >= 11 is 0. The highest BCUT2D eigenvalue weighted by molar-refractivity contribution is 5.87. The standard InChI is InChI=1S/C21H22N2O3/c1-15-12-17-10-6-7-11-19(17)23(15)14-20(24)22-18(21(25)26-2)13-16-8-4-3-5-9-16/h3-12,18H,13-14H2,1-2H3,(H,22,24). The van der Waals surface area contributed by atoms with Gasteiger partial charge in [-0.05, 0) is 30.0 Å². The van der Waals surface area contributed by atoms with Crippen LogP contribution in [0, 0.1) is 6.92 Å². The van der Waals surface area contributed by atoms with E-state index in [9.17, 15) is 9.59 Å². The first-order chi connectivity index (χ1) is 12.6. The van der Waals surface area contributed by atoms with E-state index in [1.165, 1.54) is 7.11 Å². The summed E-state index contributed by atoms with van der Waals surface area (Å²) in [5.41, 5.74) is 2.96. The van der Waals surface area contributed by atoms with Crippen LogP contribution in [0.4, 0.5) is 0 Å². The molecule has 0 aliphatic rings. The zero-order valence-electron chi connectivity index (χ0n) is 14.9. The highest BCUT2D eigenvalue weighted by Crippen LogP contribution is 2.19. The van der Waals surface area contributed by atoms with Gasteiger partial charge in [0.25, 0.3) is 0 Å². The van der Waals surface area contributed by atoms with E-state index in [0.29, 0.717) is 6.42 Å². The minimum atomic E-state index is -0.711. The smallest absolute Gasteiger partial charge is 0.328 e. The Labute approximate surface area is 152 Å². The number of methoxy groups -OCH3 is 1. The zero-order valence-corrected chi connectivity index (χ0v) is 14.9. The van der Waals surface area contributed by atoms with Gasteiger partial charge >= 0.3 is 5.97 Å². The van der Waals surface area contributed by atoms with Crippen LogP contribution < -0.4 is 5.32 Å². The Morgan fingerprint density at radius 1 is 1.08 bits per heavy atom. The molecule has 0 spiro atoms. The van der Waals surface area contributed by atoms with Crippen LogP contribution in [0.3, 0.4) is 0 Å². The fraction of sp³-hybridized carbons (Fsp3) is 0.238. The molecule has 0 aliphatic carbocycles. The molecule has 3 aromatic rings. The van der Waals surface area contributed by atoms with E-state index in [1.807, 2.05) is 72.2 Å². The van der Waals surface area contributed by atoms with Crippen molar-refractivity contribution in [3.05, 3.63) is 71.9 Å². The monoisotopic (exact) mass is 350 g/mol. The minimum Gasteiger partial charge on any atom is -0.467 e. The molecule has 26 heavy (non-hydrogen) atoms. The van der Waals surface area contributed by atoms with Crippen molar-refractivity contribution in [2.24, 2.45) is 0 Å². The number of hydrogen-bond acceptors (Lipinski definition) is 3. The second-order valence-corrected chi connectivity index (χ2v) is 6.26. The van der Waals surface area contributed by atoms with Crippen molar-refractivity contribution in [2.45, 2.75) is 25.9 Å². The van der Waals surface area contributed by atoms with Crippen LogP contribution in [0.15, 0.2) is 60.7 Å². The lowest BCUT2D eigenvalue weighted by Gasteiger charge is -2.17. The third-order valence-electron chi connectivity index (χ3n) is 4.42. The summed E-state index contributed by atoms with van der Waals surface area (Å²) in [6.45, 7) is 2.12. The largest absolute Gasteiger partial charge is 0.467 e. The number of hydrogen-bond donors (Lipinski definition) is 1. The summed E-state index contributed by atoms with van der Waals surface area (Å²) in [5.74, 6) is -0.669. The van der Waals surface area contributed by atoms with E-state index in [1.54, 1.807) is 0 Å². The molecule has 1 unspecified atom stereocenters. The molecule has 2 aromatic carbocycles. The number of amides is 1. The summed E-state index contributed by atoms with van der Waals surface area (Å²) in [6, 6.07) is 18.8. The fourth-order valence-electron chi connectivity index (χ4n) is 3.13. The minimum absolute atomic E-state index is 0.154. The van der Waals surface area contributed by atoms with Crippen LogP contribution in [-0.2, 0) is 27.3 Å². The van der Waals surface area contributed by atoms with E-state index in [4.69, 9.17) is 4.74 Å². The Balaban J connectivity index is 1.75. The van der Waals surface area contributed by atoms with Crippen LogP contribution >= 0.6 is 0 Å². The third-order valence-corrected chi connectivity index (χ3v) is 4.42. The first-order valence-electron chi connectivity index (χ1n) is 8.54. The van der Waals surface area contributed by atoms with Gasteiger partial charge in [-0.25, -0.2) is 4.79 Å². The highest BCUT2D eigenvalue weighted by atomic mass is 16.5. The number of esters is 1. The lowest BCUT2D eigenvalue weighted by molar-refractivity contribution is -0.145. The van der Waals surface area contributed by atoms with Crippen molar-refractivity contribution in [1.29, 1.82) is 0 Å². The maximum atomic E-state index is 12.6. The van der Waals surface area contributed by atoms with Crippen LogP contribution in [0.2, 0.25) is 0 Å². The van der Waals surface area contributed by atoms with Crippen molar-refractivity contribution in [3.8, 4) is 0 Å². The normalized spacial score (nSPS) is 11.9. The van der Waals surface area contributed by atoms with Gasteiger partial charge in [-0.2, -0.15) is 0 Å². The summed E-state index contributed by atoms with van der Waals surface area (Å²) in [7, 11) is 1.33. The average molecular weight is 350 g/mol. The van der Waals surface area contributed by atoms with Gasteiger partial charge in [0.2, 0.25) is 5.91 Å². The van der Waals surface area contributed by atoms with Gasteiger partial charge in [0, 0.05) is 17.6 Å². The van der Waals surface area contributed by atoms with Gasteiger partial charge in [-0.1, -0.05) is 48.5 Å². The summed E-state index contributed by atoms with van der Waals surface area (Å²) in [6.07, 6.45) is 0.394. The Hall–Kier alpha value is -3.08. The molecule has 0 bridgehead atoms. The molecule has 1 amide bonds. The lowest BCUT2D eigenvalue weighted by atomic mass is 10.1. The van der Waals surface area contributed by atoms with E-state index >= 15 is 0 Å². The van der Waals surface area contributed by atoms with Crippen LogP contribution in [0.25, 0.3) is 10.9 Å². The molecular formula is C21H22N2O3. The van der Waals surface area contributed by atoms with Gasteiger partial charge in [0.15, 0.2) is 0 Å². The predicted molar refractivity (Wildman–Crippen MR) is 101 cm³/mol. The van der Waals surface area contributed by atoms with Crippen LogP contribution in [-0.4, -0.2) is 29.6 Å². The van der Waals surface area contributed by atoms with Crippen molar-refractivity contribution < 1.29 is 14.3 Å². The number of ether oxygens (including phenoxy) is 1. The summed E-state index contributed by atoms with van der Waals surface area (Å²) in [5, 5.41) is 3.90. The summed E-state index contributed by atoms with van der Waals surface area (Å²) < 4.78 is 6.80. The van der Waals surface area contributed by atoms with Crippen LogP contribution in [0.1, 0.15) is 11.3 Å². The topological polar surface area (TPSA) is 60.3 Å². The number of aromatic nitrogens is 1. The molecule has 0 fully saturated rings. The molecule has 1 atom stereocenters. The number of nitrogens with zero attached hydrogens (tertiary/aromatic N) is 1. The molecule has 5 heteroatoms. The quantitative estimate of drug-likeness (QED) is 0.696. The van der Waals surface area contributed by atoms with E-state index in [-0.39, 0.29) is 12.5 Å². The molecule has 3 rings (SSSR count). The molecule has 0 aliphatic heterocycles. The Kier molecular flexibility index (Phi) is 5.37. The maximum Gasteiger partial charge on any atom is 0.328 e. The summed E-state index contributed by atoms with van der Waals surface area (Å²) in [4.78, 5) is 24.7. The maximum absolute atomic E-state index is 12.6. The van der Waals surface area contributed by atoms with Gasteiger partial charge in [0.1, 0.15) is 12.6 Å². The number of benzene rings is 2. The number of para-hydroxylation sites is 1. The molecular weight excluding hydrogens is 328 g/mol. The number of carbonyl (C=O) groups is 2. The first kappa shape index (κ1) is 17.7. The molecule has 0 saturated carbocycles. The van der Waals surface area contributed by atoms with Gasteiger partial charge in [-0.3, -0.25) is 4.79 Å². The van der Waals surface area contributed by atoms with E-state index in [2.05, 4.69) is 5.32 Å². The number of rotatable bonds is 6. The molecule has 0 saturated heterocycles. The van der Waals surface area contributed by atoms with Gasteiger partial charge in [-0.15, -0.1) is 0 Å². The zero-order chi connectivity index (χ0) is 18.5. The number of aryl methyl sites for hydroxylation is 1. The molecule has 5 nitrogen and oxygen atoms in total. The molecule has 134 valence electrons. The lowest BCUT2D eigenvalue weighted by Crippen LogP contribution is -2.44. The molecule has 1 N–H and O–H groups in total. The first-order valence-corrected chi connectivity index (χ1v) is 8.54. The van der Waals surface area contributed by atoms with E-state index < -0.39 is 12.0 Å². The third kappa shape index (κ3) is 3.94. The second-order valence-electron chi connectivity index (χ2n) is 6.26. The fourth-order valence-corrected chi connectivity index (χ4v) is 3.13. The van der Waals surface area contributed by atoms with Crippen molar-refractivity contribution in [1.82, 2.24) is 9.88 Å².